The van der Waals surface area contributed by atoms with Crippen molar-refractivity contribution in [3.63, 3.8) is 0 Å². The number of ether oxygens (including phenoxy) is 9. The van der Waals surface area contributed by atoms with Crippen LogP contribution in [0.2, 0.25) is 0 Å². The van der Waals surface area contributed by atoms with Crippen molar-refractivity contribution in [1.29, 1.82) is 0 Å². The number of rotatable bonds is 32. The quantitative estimate of drug-likeness (QED) is 0.0258. The zero-order valence-electron chi connectivity index (χ0n) is 35.5. The normalized spacial score (nSPS) is 10.8. The summed E-state index contributed by atoms with van der Waals surface area (Å²) in [4.78, 5) is 35.1. The van der Waals surface area contributed by atoms with E-state index in [0.717, 1.165) is 75.0 Å². The Morgan fingerprint density at radius 2 is 0.700 bits per heavy atom. The summed E-state index contributed by atoms with van der Waals surface area (Å²) in [6.07, 6.45) is 7.98. The second-order valence-electron chi connectivity index (χ2n) is 13.9. The zero-order valence-corrected chi connectivity index (χ0v) is 35.5. The fourth-order valence-corrected chi connectivity index (χ4v) is 5.72. The van der Waals surface area contributed by atoms with Gasteiger partial charge in [0.15, 0.2) is 0 Å². The van der Waals surface area contributed by atoms with Crippen LogP contribution in [0.1, 0.15) is 74.5 Å². The van der Waals surface area contributed by atoms with E-state index in [2.05, 4.69) is 19.7 Å². The molecule has 0 N–H and O–H groups in total. The van der Waals surface area contributed by atoms with Gasteiger partial charge in [-0.25, -0.2) is 14.4 Å². The lowest BCUT2D eigenvalue weighted by Crippen LogP contribution is -2.27. The number of carbonyl (C=O) groups is 3. The minimum Gasteiger partial charge on any atom is -0.494 e. The number of benzene rings is 3. The van der Waals surface area contributed by atoms with Gasteiger partial charge in [-0.1, -0.05) is 56.1 Å². The molecule has 326 valence electrons. The molecule has 0 aliphatic carbocycles. The highest BCUT2D eigenvalue weighted by atomic mass is 16.6. The Labute approximate surface area is 355 Å². The number of carbonyl (C=O) groups excluding carboxylic acids is 3. The average Bonchev–Trinajstić information content (AvgIpc) is 3.28. The van der Waals surface area contributed by atoms with E-state index in [9.17, 15) is 14.4 Å². The summed E-state index contributed by atoms with van der Waals surface area (Å²) in [6.45, 7) is 15.8. The number of hydrogen-bond donors (Lipinski definition) is 0. The summed E-state index contributed by atoms with van der Waals surface area (Å²) in [5.74, 6) is 0.825. The molecule has 0 saturated heterocycles. The van der Waals surface area contributed by atoms with Crippen molar-refractivity contribution >= 4 is 34.6 Å². The minimum atomic E-state index is -0.458. The Bertz CT molecular complexity index is 1660. The van der Waals surface area contributed by atoms with Crippen LogP contribution in [-0.2, 0) is 42.8 Å². The fraction of sp³-hybridized carbons (Fsp3) is 0.438. The van der Waals surface area contributed by atoms with Gasteiger partial charge in [0.1, 0.15) is 23.4 Å². The smallest absolute Gasteiger partial charge is 0.337 e. The highest BCUT2D eigenvalue weighted by Crippen LogP contribution is 2.21. The van der Waals surface area contributed by atoms with Crippen molar-refractivity contribution < 1.29 is 57.0 Å². The van der Waals surface area contributed by atoms with Crippen molar-refractivity contribution in [3.8, 4) is 17.2 Å². The lowest BCUT2D eigenvalue weighted by molar-refractivity contribution is -0.134. The maximum absolute atomic E-state index is 11.7. The Kier molecular flexibility index (Phi) is 23.6. The molecule has 0 unspecified atom stereocenters. The van der Waals surface area contributed by atoms with E-state index in [0.29, 0.717) is 86.3 Å². The van der Waals surface area contributed by atoms with Crippen molar-refractivity contribution in [2.45, 2.75) is 63.9 Å². The lowest BCUT2D eigenvalue weighted by Gasteiger charge is -2.18. The molecule has 3 aromatic rings. The maximum atomic E-state index is 11.7. The first-order valence-electron chi connectivity index (χ1n) is 20.4. The van der Waals surface area contributed by atoms with E-state index in [-0.39, 0.29) is 6.10 Å². The molecule has 60 heavy (non-hydrogen) atoms. The van der Waals surface area contributed by atoms with Crippen LogP contribution >= 0.6 is 0 Å². The van der Waals surface area contributed by atoms with E-state index in [1.165, 1.54) is 21.3 Å². The van der Waals surface area contributed by atoms with Gasteiger partial charge in [0.25, 0.3) is 0 Å². The first-order chi connectivity index (χ1) is 29.2. The number of methoxy groups -OCH3 is 3. The van der Waals surface area contributed by atoms with Crippen molar-refractivity contribution in [3.05, 3.63) is 109 Å². The first kappa shape index (κ1) is 48.9. The molecule has 0 radical (unpaired) electrons. The number of esters is 3. The molecular weight excluding hydrogens is 769 g/mol. The van der Waals surface area contributed by atoms with Crippen LogP contribution in [0.15, 0.2) is 92.5 Å². The Hall–Kier alpha value is -5.43. The lowest BCUT2D eigenvalue weighted by atomic mass is 10.1. The topological polar surface area (TPSA) is 134 Å². The third kappa shape index (κ3) is 18.7. The molecule has 3 aromatic carbocycles. The van der Waals surface area contributed by atoms with Gasteiger partial charge >= 0.3 is 17.9 Å². The standard InChI is InChI=1S/C48H62O12/c1-36(46(49)52-4)39-16-22-42(23-17-39)57-30-12-7-10-28-55-34-45(60-33-15-9-14-32-59-44-26-20-41(21-27-44)38(3)48(51)54-6)35-56-29-11-8-13-31-58-43-24-18-40(19-25-43)37(2)47(50)53-5/h16-27,45H,1-3,7-15,28-35H2,4-6H3. The van der Waals surface area contributed by atoms with Gasteiger partial charge in [-0.15, -0.1) is 0 Å². The predicted molar refractivity (Wildman–Crippen MR) is 232 cm³/mol. The van der Waals surface area contributed by atoms with E-state index in [1.54, 1.807) is 36.4 Å². The van der Waals surface area contributed by atoms with Crippen LogP contribution < -0.4 is 14.2 Å². The van der Waals surface area contributed by atoms with Crippen molar-refractivity contribution in [2.24, 2.45) is 0 Å². The predicted octanol–water partition coefficient (Wildman–Crippen LogP) is 8.71. The summed E-state index contributed by atoms with van der Waals surface area (Å²) in [6, 6.07) is 21.7. The third-order valence-electron chi connectivity index (χ3n) is 9.33. The highest BCUT2D eigenvalue weighted by molar-refractivity contribution is 6.16. The second kappa shape index (κ2) is 28.9. The summed E-state index contributed by atoms with van der Waals surface area (Å²) < 4.78 is 50.0. The molecule has 3 rings (SSSR count). The maximum Gasteiger partial charge on any atom is 0.337 e. The molecule has 0 heterocycles. The molecule has 0 saturated carbocycles. The molecule has 0 fully saturated rings. The van der Waals surface area contributed by atoms with Crippen molar-refractivity contribution in [1.82, 2.24) is 0 Å². The number of hydrogen-bond acceptors (Lipinski definition) is 12. The van der Waals surface area contributed by atoms with Crippen LogP contribution in [0, 0.1) is 0 Å². The molecule has 0 spiro atoms. The fourth-order valence-electron chi connectivity index (χ4n) is 5.72. The molecule has 0 aromatic heterocycles. The zero-order chi connectivity index (χ0) is 43.4. The average molecular weight is 831 g/mol. The molecule has 0 atom stereocenters. The molecule has 0 aliphatic rings. The van der Waals surface area contributed by atoms with Crippen molar-refractivity contribution in [2.75, 3.05) is 74.2 Å². The molecular formula is C48H62O12. The molecule has 0 bridgehead atoms. The van der Waals surface area contributed by atoms with Gasteiger partial charge in [0.05, 0.1) is 71.1 Å². The van der Waals surface area contributed by atoms with E-state index in [4.69, 9.17) is 42.6 Å². The Balaban J connectivity index is 1.31. The largest absolute Gasteiger partial charge is 0.494 e. The van der Waals surface area contributed by atoms with E-state index >= 15 is 0 Å². The highest BCUT2D eigenvalue weighted by Gasteiger charge is 2.13. The summed E-state index contributed by atoms with van der Waals surface area (Å²) in [7, 11) is 4.00. The summed E-state index contributed by atoms with van der Waals surface area (Å²) in [5, 5.41) is 0. The first-order valence-corrected chi connectivity index (χ1v) is 20.4. The molecule has 0 aliphatic heterocycles. The summed E-state index contributed by atoms with van der Waals surface area (Å²) in [5.41, 5.74) is 3.01. The Morgan fingerprint density at radius 1 is 0.417 bits per heavy atom. The van der Waals surface area contributed by atoms with Gasteiger partial charge in [-0.05, 0) is 111 Å². The molecule has 0 amide bonds. The third-order valence-corrected chi connectivity index (χ3v) is 9.33. The minimum absolute atomic E-state index is 0.178. The van der Waals surface area contributed by atoms with Crippen LogP contribution in [0.4, 0.5) is 0 Å². The van der Waals surface area contributed by atoms with Gasteiger partial charge in [-0.3, -0.25) is 0 Å². The Morgan fingerprint density at radius 3 is 1.00 bits per heavy atom. The van der Waals surface area contributed by atoms with Gasteiger partial charge in [0, 0.05) is 19.8 Å². The second-order valence-corrected chi connectivity index (χ2v) is 13.9. The van der Waals surface area contributed by atoms with E-state index < -0.39 is 17.9 Å². The molecule has 12 heteroatoms. The van der Waals surface area contributed by atoms with Crippen LogP contribution in [0.5, 0.6) is 17.2 Å². The number of unbranched alkanes of at least 4 members (excludes halogenated alkanes) is 6. The monoisotopic (exact) mass is 830 g/mol. The van der Waals surface area contributed by atoms with Crippen LogP contribution in [0.25, 0.3) is 16.7 Å². The van der Waals surface area contributed by atoms with Gasteiger partial charge in [0.2, 0.25) is 0 Å². The SMILES string of the molecule is C=C(C(=O)OC)c1ccc(OCCCCCOCC(COCCCCCOc2ccc(C(=C)C(=O)OC)cc2)OCCCCCOc2ccc(C(=C)C(=O)OC)cc2)cc1. The molecule has 12 nitrogen and oxygen atoms in total. The van der Waals surface area contributed by atoms with Crippen LogP contribution in [0.3, 0.4) is 0 Å². The van der Waals surface area contributed by atoms with Gasteiger partial charge < -0.3 is 42.6 Å². The van der Waals surface area contributed by atoms with Crippen LogP contribution in [-0.4, -0.2) is 98.2 Å². The summed E-state index contributed by atoms with van der Waals surface area (Å²) >= 11 is 0. The van der Waals surface area contributed by atoms with Gasteiger partial charge in [-0.2, -0.15) is 0 Å². The van der Waals surface area contributed by atoms with E-state index in [1.807, 2.05) is 36.4 Å².